The molecule has 0 radical (unpaired) electrons. The zero-order valence-corrected chi connectivity index (χ0v) is 18.4. The third-order valence-corrected chi connectivity index (χ3v) is 6.12. The van der Waals surface area contributed by atoms with Gasteiger partial charge in [0.1, 0.15) is 11.9 Å². The normalized spacial score (nSPS) is 18.9. The number of rotatable bonds is 5. The van der Waals surface area contributed by atoms with E-state index in [-0.39, 0.29) is 29.6 Å². The Morgan fingerprint density at radius 1 is 1.22 bits per heavy atom. The maximum Gasteiger partial charge on any atom is 0.332 e. The van der Waals surface area contributed by atoms with E-state index in [4.69, 9.17) is 4.74 Å². The topological polar surface area (TPSA) is 119 Å². The maximum atomic E-state index is 13.3. The molecule has 0 bridgehead atoms. The van der Waals surface area contributed by atoms with Crippen molar-refractivity contribution in [2.75, 3.05) is 44.2 Å². The summed E-state index contributed by atoms with van der Waals surface area (Å²) in [6, 6.07) is 1.74. The van der Waals surface area contributed by atoms with Gasteiger partial charge < -0.3 is 19.9 Å². The minimum Gasteiger partial charge on any atom is -0.376 e. The highest BCUT2D eigenvalue weighted by molar-refractivity contribution is 5.89. The predicted molar refractivity (Wildman–Crippen MR) is 118 cm³/mol. The molecule has 4 rings (SSSR count). The fourth-order valence-electron chi connectivity index (χ4n) is 4.29. The van der Waals surface area contributed by atoms with Crippen LogP contribution in [0.4, 0.5) is 5.69 Å². The zero-order valence-electron chi connectivity index (χ0n) is 18.4. The first-order valence-electron chi connectivity index (χ1n) is 10.8. The van der Waals surface area contributed by atoms with Gasteiger partial charge in [-0.05, 0) is 18.9 Å². The Morgan fingerprint density at radius 2 is 1.97 bits per heavy atom. The number of piperazine rings is 1. The summed E-state index contributed by atoms with van der Waals surface area (Å²) in [6.45, 7) is 4.41. The monoisotopic (exact) mass is 444 g/mol. The molecular formula is C21H28N6O5. The van der Waals surface area contributed by atoms with E-state index in [0.29, 0.717) is 45.0 Å². The van der Waals surface area contributed by atoms with Gasteiger partial charge in [0, 0.05) is 59.5 Å². The quantitative estimate of drug-likeness (QED) is 0.632. The van der Waals surface area contributed by atoms with Gasteiger partial charge in [-0.25, -0.2) is 9.78 Å². The molecule has 2 amide bonds. The van der Waals surface area contributed by atoms with Crippen LogP contribution in [0.3, 0.4) is 0 Å². The van der Waals surface area contributed by atoms with Crippen LogP contribution in [0.15, 0.2) is 21.9 Å². The number of carbonyl (C=O) groups excluding carboxylic acids is 2. The molecule has 1 unspecified atom stereocenters. The molecule has 0 saturated carbocycles. The molecule has 0 spiro atoms. The van der Waals surface area contributed by atoms with Crippen LogP contribution >= 0.6 is 0 Å². The third-order valence-electron chi connectivity index (χ3n) is 6.12. The summed E-state index contributed by atoms with van der Waals surface area (Å²) >= 11 is 0. The molecule has 172 valence electrons. The van der Waals surface area contributed by atoms with Crippen molar-refractivity contribution < 1.29 is 14.3 Å². The van der Waals surface area contributed by atoms with Gasteiger partial charge in [-0.3, -0.25) is 23.5 Å². The molecule has 1 N–H and O–H groups in total. The van der Waals surface area contributed by atoms with Gasteiger partial charge in [0.2, 0.25) is 11.8 Å². The Bertz CT molecular complexity index is 1140. The van der Waals surface area contributed by atoms with Crippen LogP contribution in [0.5, 0.6) is 0 Å². The van der Waals surface area contributed by atoms with Crippen molar-refractivity contribution in [2.24, 2.45) is 7.05 Å². The predicted octanol–water partition coefficient (Wildman–Crippen LogP) is -0.941. The van der Waals surface area contributed by atoms with Gasteiger partial charge in [-0.1, -0.05) is 0 Å². The molecule has 2 aliphatic rings. The summed E-state index contributed by atoms with van der Waals surface area (Å²) in [4.78, 5) is 58.3. The van der Waals surface area contributed by atoms with Crippen molar-refractivity contribution in [1.29, 1.82) is 0 Å². The fraction of sp³-hybridized carbons (Fsp3) is 0.571. The van der Waals surface area contributed by atoms with Crippen molar-refractivity contribution in [2.45, 2.75) is 32.4 Å². The molecule has 11 heteroatoms. The van der Waals surface area contributed by atoms with Crippen molar-refractivity contribution in [3.05, 3.63) is 33.1 Å². The molecule has 0 aliphatic carbocycles. The molecule has 2 saturated heterocycles. The average molecular weight is 444 g/mol. The maximum absolute atomic E-state index is 13.3. The van der Waals surface area contributed by atoms with E-state index in [1.54, 1.807) is 17.2 Å². The van der Waals surface area contributed by atoms with Crippen LogP contribution in [-0.2, 0) is 27.9 Å². The van der Waals surface area contributed by atoms with E-state index in [2.05, 4.69) is 10.3 Å². The summed E-state index contributed by atoms with van der Waals surface area (Å²) < 4.78 is 7.74. The van der Waals surface area contributed by atoms with Crippen molar-refractivity contribution >= 4 is 28.5 Å². The molecule has 2 fully saturated rings. The number of nitrogens with zero attached hydrogens (tertiary/aromatic N) is 5. The van der Waals surface area contributed by atoms with Crippen molar-refractivity contribution in [3.8, 4) is 0 Å². The molecule has 2 aliphatic heterocycles. The highest BCUT2D eigenvalue weighted by Gasteiger charge is 2.24. The second kappa shape index (κ2) is 9.11. The van der Waals surface area contributed by atoms with Gasteiger partial charge in [0.15, 0.2) is 5.65 Å². The minimum absolute atomic E-state index is 0.0167. The Kier molecular flexibility index (Phi) is 6.26. The first kappa shape index (κ1) is 22.0. The number of carbonyl (C=O) groups is 2. The first-order chi connectivity index (χ1) is 15.4. The number of amides is 2. The molecular weight excluding hydrogens is 416 g/mol. The lowest BCUT2D eigenvalue weighted by molar-refractivity contribution is -0.129. The smallest absolute Gasteiger partial charge is 0.332 e. The lowest BCUT2D eigenvalue weighted by Gasteiger charge is -2.36. The minimum atomic E-state index is -0.596. The zero-order chi connectivity index (χ0) is 22.8. The number of hydrogen-bond donors (Lipinski definition) is 1. The summed E-state index contributed by atoms with van der Waals surface area (Å²) in [5.41, 5.74) is -0.233. The van der Waals surface area contributed by atoms with Crippen LogP contribution in [0.2, 0.25) is 0 Å². The Morgan fingerprint density at radius 3 is 2.62 bits per heavy atom. The molecule has 11 nitrogen and oxygen atoms in total. The average Bonchev–Trinajstić information content (AvgIpc) is 3.32. The van der Waals surface area contributed by atoms with Crippen molar-refractivity contribution in [1.82, 2.24) is 24.3 Å². The number of anilines is 1. The van der Waals surface area contributed by atoms with Crippen LogP contribution in [0.25, 0.3) is 11.0 Å². The second-order valence-electron chi connectivity index (χ2n) is 8.19. The van der Waals surface area contributed by atoms with E-state index >= 15 is 0 Å². The summed E-state index contributed by atoms with van der Waals surface area (Å²) in [5.74, 6) is -0.400. The van der Waals surface area contributed by atoms with Gasteiger partial charge >= 0.3 is 5.69 Å². The van der Waals surface area contributed by atoms with Crippen LogP contribution in [0, 0.1) is 0 Å². The summed E-state index contributed by atoms with van der Waals surface area (Å²) in [5, 5.41) is 3.04. The second-order valence-corrected chi connectivity index (χ2v) is 8.19. The first-order valence-corrected chi connectivity index (χ1v) is 10.8. The molecule has 32 heavy (non-hydrogen) atoms. The largest absolute Gasteiger partial charge is 0.376 e. The summed E-state index contributed by atoms with van der Waals surface area (Å²) in [6.07, 6.45) is 3.37. The number of aromatic nitrogens is 3. The van der Waals surface area contributed by atoms with E-state index in [0.717, 1.165) is 17.4 Å². The SMILES string of the molecule is CC(=O)N1CCN(c2ccnc3c2c(=O)n(CC(=O)NCC2CCCO2)c(=O)n3C)CC1. The molecule has 2 aromatic rings. The lowest BCUT2D eigenvalue weighted by Crippen LogP contribution is -2.49. The summed E-state index contributed by atoms with van der Waals surface area (Å²) in [7, 11) is 1.54. The highest BCUT2D eigenvalue weighted by atomic mass is 16.5. The van der Waals surface area contributed by atoms with E-state index in [9.17, 15) is 19.2 Å². The lowest BCUT2D eigenvalue weighted by atomic mass is 10.2. The molecule has 0 aromatic carbocycles. The number of hydrogen-bond acceptors (Lipinski definition) is 7. The van der Waals surface area contributed by atoms with Gasteiger partial charge in [0.05, 0.1) is 11.8 Å². The third kappa shape index (κ3) is 4.24. The standard InChI is InChI=1S/C21H28N6O5/c1-14(28)25-7-9-26(10-8-25)16-5-6-22-19-18(16)20(30)27(21(31)24(19)2)13-17(29)23-12-15-4-3-11-32-15/h5-6,15H,3-4,7-13H2,1-2H3,(H,23,29). The van der Waals surface area contributed by atoms with Gasteiger partial charge in [-0.15, -0.1) is 0 Å². The number of ether oxygens (including phenoxy) is 1. The van der Waals surface area contributed by atoms with Crippen LogP contribution < -0.4 is 21.5 Å². The molecule has 4 heterocycles. The number of fused-ring (bicyclic) bond motifs is 1. The number of nitrogens with one attached hydrogen (secondary N) is 1. The Hall–Kier alpha value is -3.21. The van der Waals surface area contributed by atoms with E-state index < -0.39 is 17.2 Å². The molecule has 2 aromatic heterocycles. The number of aryl methyl sites for hydroxylation is 1. The van der Waals surface area contributed by atoms with Gasteiger partial charge in [-0.2, -0.15) is 0 Å². The van der Waals surface area contributed by atoms with Crippen LogP contribution in [-0.4, -0.2) is 76.3 Å². The van der Waals surface area contributed by atoms with Gasteiger partial charge in [0.25, 0.3) is 5.56 Å². The molecule has 1 atom stereocenters. The van der Waals surface area contributed by atoms with E-state index in [1.807, 2.05) is 4.90 Å². The van der Waals surface area contributed by atoms with E-state index in [1.165, 1.54) is 18.5 Å². The van der Waals surface area contributed by atoms with Crippen molar-refractivity contribution in [3.63, 3.8) is 0 Å². The highest BCUT2D eigenvalue weighted by Crippen LogP contribution is 2.23. The number of pyridine rings is 1. The Balaban J connectivity index is 1.64. The van der Waals surface area contributed by atoms with Crippen LogP contribution in [0.1, 0.15) is 19.8 Å². The fourth-order valence-corrected chi connectivity index (χ4v) is 4.29. The Labute approximate surface area is 184 Å².